The van der Waals surface area contributed by atoms with Gasteiger partial charge in [0.2, 0.25) is 0 Å². The molecule has 4 rings (SSSR count). The minimum absolute atomic E-state index is 0.0375. The van der Waals surface area contributed by atoms with E-state index >= 15 is 0 Å². The van der Waals surface area contributed by atoms with Gasteiger partial charge in [0.15, 0.2) is 0 Å². The summed E-state index contributed by atoms with van der Waals surface area (Å²) in [7, 11) is 0. The molecule has 1 saturated heterocycles. The Bertz CT molecular complexity index is 917. The summed E-state index contributed by atoms with van der Waals surface area (Å²) >= 11 is 1.72. The summed E-state index contributed by atoms with van der Waals surface area (Å²) in [6, 6.07) is 3.77. The van der Waals surface area contributed by atoms with E-state index in [1.807, 2.05) is 17.0 Å². The van der Waals surface area contributed by atoms with Crippen molar-refractivity contribution in [1.82, 2.24) is 24.6 Å². The highest BCUT2D eigenvalue weighted by Crippen LogP contribution is 2.31. The number of aromatic nitrogens is 4. The van der Waals surface area contributed by atoms with Crippen molar-refractivity contribution in [3.63, 3.8) is 0 Å². The SMILES string of the molecule is CC(C)c1csc(C2CCCN(C(=O)c3cnn(-c4cccnc4)c3)C2)n1. The summed E-state index contributed by atoms with van der Waals surface area (Å²) in [6.45, 7) is 5.84. The highest BCUT2D eigenvalue weighted by atomic mass is 32.1. The highest BCUT2D eigenvalue weighted by Gasteiger charge is 2.28. The molecule has 1 amide bonds. The Kier molecular flexibility index (Phi) is 5.03. The van der Waals surface area contributed by atoms with Crippen molar-refractivity contribution < 1.29 is 4.79 Å². The zero-order chi connectivity index (χ0) is 18.8. The average molecular weight is 382 g/mol. The topological polar surface area (TPSA) is 63.9 Å². The van der Waals surface area contributed by atoms with Crippen molar-refractivity contribution in [1.29, 1.82) is 0 Å². The lowest BCUT2D eigenvalue weighted by atomic mass is 9.98. The lowest BCUT2D eigenvalue weighted by Gasteiger charge is -2.31. The molecule has 0 radical (unpaired) electrons. The van der Waals surface area contributed by atoms with Gasteiger partial charge < -0.3 is 4.90 Å². The van der Waals surface area contributed by atoms with Crippen molar-refractivity contribution >= 4 is 17.2 Å². The van der Waals surface area contributed by atoms with E-state index in [1.54, 1.807) is 40.8 Å². The number of carbonyl (C=O) groups excluding carboxylic acids is 1. The van der Waals surface area contributed by atoms with Gasteiger partial charge in [-0.3, -0.25) is 9.78 Å². The van der Waals surface area contributed by atoms with Crippen LogP contribution in [-0.2, 0) is 0 Å². The van der Waals surface area contributed by atoms with E-state index in [0.29, 0.717) is 17.4 Å². The molecule has 3 aromatic rings. The summed E-state index contributed by atoms with van der Waals surface area (Å²) < 4.78 is 1.69. The number of carbonyl (C=O) groups is 1. The predicted molar refractivity (Wildman–Crippen MR) is 105 cm³/mol. The van der Waals surface area contributed by atoms with Gasteiger partial charge in [-0.05, 0) is 30.9 Å². The van der Waals surface area contributed by atoms with Crippen molar-refractivity contribution in [2.24, 2.45) is 0 Å². The fraction of sp³-hybridized carbons (Fsp3) is 0.400. The quantitative estimate of drug-likeness (QED) is 0.688. The molecule has 1 atom stereocenters. The maximum absolute atomic E-state index is 13.0. The second-order valence-electron chi connectivity index (χ2n) is 7.24. The Morgan fingerprint density at radius 1 is 1.33 bits per heavy atom. The van der Waals surface area contributed by atoms with Gasteiger partial charge in [-0.25, -0.2) is 9.67 Å². The fourth-order valence-corrected chi connectivity index (χ4v) is 4.47. The zero-order valence-corrected chi connectivity index (χ0v) is 16.4. The summed E-state index contributed by atoms with van der Waals surface area (Å²) in [6.07, 6.45) is 8.96. The van der Waals surface area contributed by atoms with Crippen molar-refractivity contribution in [2.45, 2.75) is 38.5 Å². The van der Waals surface area contributed by atoms with Gasteiger partial charge in [-0.2, -0.15) is 5.10 Å². The molecule has 6 nitrogen and oxygen atoms in total. The first-order valence-corrected chi connectivity index (χ1v) is 10.2. The second-order valence-corrected chi connectivity index (χ2v) is 8.13. The molecule has 1 unspecified atom stereocenters. The summed E-state index contributed by atoms with van der Waals surface area (Å²) in [5, 5.41) is 7.63. The molecule has 1 aliphatic heterocycles. The van der Waals surface area contributed by atoms with Gasteiger partial charge in [-0.1, -0.05) is 13.8 Å². The number of amides is 1. The number of pyridine rings is 1. The van der Waals surface area contributed by atoms with E-state index in [0.717, 1.165) is 42.3 Å². The van der Waals surface area contributed by atoms with Crippen LogP contribution in [0.25, 0.3) is 5.69 Å². The molecule has 27 heavy (non-hydrogen) atoms. The second kappa shape index (κ2) is 7.60. The first kappa shape index (κ1) is 17.9. The first-order chi connectivity index (χ1) is 13.1. The van der Waals surface area contributed by atoms with Crippen LogP contribution in [0.5, 0.6) is 0 Å². The van der Waals surface area contributed by atoms with Crippen LogP contribution in [0.4, 0.5) is 0 Å². The third-order valence-electron chi connectivity index (χ3n) is 4.93. The Labute approximate surface area is 162 Å². The monoisotopic (exact) mass is 381 g/mol. The van der Waals surface area contributed by atoms with Crippen LogP contribution in [0, 0.1) is 0 Å². The molecule has 1 fully saturated rings. The molecule has 0 N–H and O–H groups in total. The lowest BCUT2D eigenvalue weighted by molar-refractivity contribution is 0.0707. The number of likely N-dealkylation sites (tertiary alicyclic amines) is 1. The standard InChI is InChI=1S/C20H23N5OS/c1-14(2)18-13-27-19(23-18)15-5-4-8-24(11-15)20(26)16-9-22-25(12-16)17-6-3-7-21-10-17/h3,6-7,9-10,12-15H,4-5,8,11H2,1-2H3. The van der Waals surface area contributed by atoms with Gasteiger partial charge in [0.05, 0.1) is 34.3 Å². The predicted octanol–water partition coefficient (Wildman–Crippen LogP) is 3.87. The molecule has 4 heterocycles. The Hall–Kier alpha value is -2.54. The Morgan fingerprint density at radius 2 is 2.22 bits per heavy atom. The van der Waals surface area contributed by atoms with E-state index in [-0.39, 0.29) is 5.91 Å². The summed E-state index contributed by atoms with van der Waals surface area (Å²) in [4.78, 5) is 23.8. The number of hydrogen-bond donors (Lipinski definition) is 0. The molecule has 0 spiro atoms. The minimum Gasteiger partial charge on any atom is -0.338 e. The van der Waals surface area contributed by atoms with Gasteiger partial charge in [-0.15, -0.1) is 11.3 Å². The fourth-order valence-electron chi connectivity index (χ4n) is 3.36. The third kappa shape index (κ3) is 3.78. The van der Waals surface area contributed by atoms with E-state index in [2.05, 4.69) is 29.3 Å². The number of hydrogen-bond acceptors (Lipinski definition) is 5. The van der Waals surface area contributed by atoms with Gasteiger partial charge in [0, 0.05) is 36.8 Å². The highest BCUT2D eigenvalue weighted by molar-refractivity contribution is 7.09. The molecule has 7 heteroatoms. The Morgan fingerprint density at radius 3 is 2.96 bits per heavy atom. The summed E-state index contributed by atoms with van der Waals surface area (Å²) in [5.41, 5.74) is 2.61. The van der Waals surface area contributed by atoms with Crippen LogP contribution in [0.15, 0.2) is 42.3 Å². The molecule has 0 bridgehead atoms. The van der Waals surface area contributed by atoms with Crippen LogP contribution in [-0.4, -0.2) is 43.6 Å². The average Bonchev–Trinajstić information content (AvgIpc) is 3.38. The van der Waals surface area contributed by atoms with Crippen molar-refractivity contribution in [3.8, 4) is 5.69 Å². The van der Waals surface area contributed by atoms with Gasteiger partial charge in [0.25, 0.3) is 5.91 Å². The van der Waals surface area contributed by atoms with Gasteiger partial charge >= 0.3 is 0 Å². The molecule has 3 aromatic heterocycles. The summed E-state index contributed by atoms with van der Waals surface area (Å²) in [5.74, 6) is 0.804. The largest absolute Gasteiger partial charge is 0.338 e. The minimum atomic E-state index is 0.0375. The molecular formula is C20H23N5OS. The normalized spacial score (nSPS) is 17.4. The van der Waals surface area contributed by atoms with Crippen LogP contribution < -0.4 is 0 Å². The number of thiazole rings is 1. The van der Waals surface area contributed by atoms with E-state index in [4.69, 9.17) is 4.98 Å². The maximum atomic E-state index is 13.0. The zero-order valence-electron chi connectivity index (χ0n) is 15.6. The molecule has 1 aliphatic rings. The molecule has 0 aromatic carbocycles. The third-order valence-corrected chi connectivity index (χ3v) is 5.95. The Balaban J connectivity index is 1.48. The van der Waals surface area contributed by atoms with Crippen LogP contribution in [0.1, 0.15) is 59.6 Å². The van der Waals surface area contributed by atoms with Crippen LogP contribution >= 0.6 is 11.3 Å². The smallest absolute Gasteiger partial charge is 0.257 e. The van der Waals surface area contributed by atoms with Crippen molar-refractivity contribution in [3.05, 3.63) is 58.6 Å². The molecule has 0 saturated carbocycles. The maximum Gasteiger partial charge on any atom is 0.257 e. The van der Waals surface area contributed by atoms with Gasteiger partial charge in [0.1, 0.15) is 0 Å². The van der Waals surface area contributed by atoms with E-state index < -0.39 is 0 Å². The van der Waals surface area contributed by atoms with Crippen molar-refractivity contribution in [2.75, 3.05) is 13.1 Å². The number of piperidine rings is 1. The molecular weight excluding hydrogens is 358 g/mol. The number of rotatable bonds is 4. The first-order valence-electron chi connectivity index (χ1n) is 9.31. The van der Waals surface area contributed by atoms with E-state index in [9.17, 15) is 4.79 Å². The molecule has 140 valence electrons. The van der Waals surface area contributed by atoms with E-state index in [1.165, 1.54) is 0 Å². The lowest BCUT2D eigenvalue weighted by Crippen LogP contribution is -2.39. The molecule has 0 aliphatic carbocycles. The number of nitrogens with zero attached hydrogens (tertiary/aromatic N) is 5. The van der Waals surface area contributed by atoms with Crippen LogP contribution in [0.2, 0.25) is 0 Å². The van der Waals surface area contributed by atoms with Crippen LogP contribution in [0.3, 0.4) is 0 Å².